The zero-order chi connectivity index (χ0) is 10.4. The summed E-state index contributed by atoms with van der Waals surface area (Å²) in [5.41, 5.74) is 0.311. The van der Waals surface area contributed by atoms with E-state index in [1.54, 1.807) is 36.0 Å². The fraction of sp³-hybridized carbons (Fsp3) is 0.300. The third-order valence-corrected chi connectivity index (χ3v) is 2.50. The second-order valence-corrected chi connectivity index (χ2v) is 3.58. The van der Waals surface area contributed by atoms with Crippen LogP contribution in [0.2, 0.25) is 0 Å². The third kappa shape index (κ3) is 3.40. The van der Waals surface area contributed by atoms with Crippen LogP contribution >= 0.6 is 11.8 Å². The average Bonchev–Trinajstić information content (AvgIpc) is 2.19. The van der Waals surface area contributed by atoms with E-state index >= 15 is 0 Å². The van der Waals surface area contributed by atoms with Crippen LogP contribution in [0.1, 0.15) is 17.3 Å². The topological polar surface area (TPSA) is 46.5 Å². The molecule has 0 fully saturated rings. The van der Waals surface area contributed by atoms with Crippen molar-refractivity contribution >= 4 is 17.7 Å². The summed E-state index contributed by atoms with van der Waals surface area (Å²) in [6.07, 6.45) is 0. The van der Waals surface area contributed by atoms with Gasteiger partial charge in [-0.3, -0.25) is 0 Å². The predicted molar refractivity (Wildman–Crippen MR) is 55.8 cm³/mol. The normalized spacial score (nSPS) is 10.1. The second-order valence-electron chi connectivity index (χ2n) is 2.58. The molecule has 3 nitrogen and oxygen atoms in total. The first kappa shape index (κ1) is 11.1. The van der Waals surface area contributed by atoms with E-state index in [1.807, 2.05) is 6.92 Å². The van der Waals surface area contributed by atoms with Gasteiger partial charge in [-0.15, -0.1) is 0 Å². The van der Waals surface area contributed by atoms with Gasteiger partial charge in [0.2, 0.25) is 0 Å². The highest BCUT2D eigenvalue weighted by Gasteiger charge is 2.01. The monoisotopic (exact) mass is 212 g/mol. The van der Waals surface area contributed by atoms with Crippen molar-refractivity contribution in [2.75, 3.05) is 12.5 Å². The van der Waals surface area contributed by atoms with Crippen LogP contribution in [0.25, 0.3) is 0 Å². The first-order chi connectivity index (χ1) is 6.74. The van der Waals surface area contributed by atoms with E-state index in [-0.39, 0.29) is 0 Å². The van der Waals surface area contributed by atoms with Crippen molar-refractivity contribution < 1.29 is 14.6 Å². The molecule has 0 amide bonds. The Morgan fingerprint density at radius 1 is 1.43 bits per heavy atom. The highest BCUT2D eigenvalue weighted by atomic mass is 32.2. The Labute approximate surface area is 87.1 Å². The van der Waals surface area contributed by atoms with Crippen LogP contribution in [0.15, 0.2) is 29.2 Å². The Kier molecular flexibility index (Phi) is 4.49. The molecule has 0 saturated carbocycles. The van der Waals surface area contributed by atoms with E-state index in [2.05, 4.69) is 0 Å². The number of thioether (sulfide) groups is 1. The van der Waals surface area contributed by atoms with Gasteiger partial charge in [0.25, 0.3) is 0 Å². The fourth-order valence-corrected chi connectivity index (χ4v) is 1.60. The van der Waals surface area contributed by atoms with Crippen LogP contribution in [0.4, 0.5) is 0 Å². The van der Waals surface area contributed by atoms with E-state index in [1.165, 1.54) is 0 Å². The van der Waals surface area contributed by atoms with Gasteiger partial charge in [-0.1, -0.05) is 11.8 Å². The Hall–Kier alpha value is -1.00. The molecule has 0 aromatic heterocycles. The van der Waals surface area contributed by atoms with Crippen molar-refractivity contribution in [3.8, 4) is 0 Å². The number of carbonyl (C=O) groups is 1. The molecule has 0 atom stereocenters. The molecule has 0 aliphatic carbocycles. The summed E-state index contributed by atoms with van der Waals surface area (Å²) in [4.78, 5) is 11.6. The van der Waals surface area contributed by atoms with Crippen molar-refractivity contribution in [1.82, 2.24) is 0 Å². The first-order valence-corrected chi connectivity index (χ1v) is 5.26. The van der Waals surface area contributed by atoms with Crippen LogP contribution in [0, 0.1) is 0 Å². The van der Waals surface area contributed by atoms with Crippen molar-refractivity contribution in [3.05, 3.63) is 29.8 Å². The molecule has 4 heteroatoms. The summed E-state index contributed by atoms with van der Waals surface area (Å²) in [6.45, 7) is 2.63. The maximum Gasteiger partial charge on any atom is 0.335 e. The quantitative estimate of drug-likeness (QED) is 0.462. The summed E-state index contributed by atoms with van der Waals surface area (Å²) < 4.78 is 5.16. The van der Waals surface area contributed by atoms with E-state index in [0.717, 1.165) is 4.90 Å². The number of hydrogen-bond donors (Lipinski definition) is 1. The second kappa shape index (κ2) is 5.67. The molecule has 0 spiro atoms. The Morgan fingerprint density at radius 2 is 2.07 bits per heavy atom. The number of benzene rings is 1. The molecule has 0 bridgehead atoms. The van der Waals surface area contributed by atoms with Crippen LogP contribution in [-0.2, 0) is 4.74 Å². The first-order valence-electron chi connectivity index (χ1n) is 4.28. The minimum atomic E-state index is -0.897. The van der Waals surface area contributed by atoms with Crippen LogP contribution in [-0.4, -0.2) is 23.6 Å². The number of hydrogen-bond acceptors (Lipinski definition) is 3. The van der Waals surface area contributed by atoms with Crippen LogP contribution in [0.5, 0.6) is 0 Å². The molecular formula is C10H12O3S. The average molecular weight is 212 g/mol. The largest absolute Gasteiger partial charge is 0.478 e. The molecule has 14 heavy (non-hydrogen) atoms. The van der Waals surface area contributed by atoms with Gasteiger partial charge < -0.3 is 9.84 Å². The van der Waals surface area contributed by atoms with Crippen molar-refractivity contribution in [2.45, 2.75) is 11.8 Å². The fourth-order valence-electron chi connectivity index (χ4n) is 0.887. The molecule has 0 aliphatic heterocycles. The van der Waals surface area contributed by atoms with E-state index < -0.39 is 5.97 Å². The summed E-state index contributed by atoms with van der Waals surface area (Å²) in [5, 5.41) is 8.66. The van der Waals surface area contributed by atoms with Gasteiger partial charge in [0.05, 0.1) is 11.5 Å². The van der Waals surface area contributed by atoms with Crippen molar-refractivity contribution in [3.63, 3.8) is 0 Å². The molecule has 0 unspecified atom stereocenters. The summed E-state index contributed by atoms with van der Waals surface area (Å²) in [6, 6.07) is 6.76. The maximum atomic E-state index is 10.5. The molecule has 0 heterocycles. The smallest absolute Gasteiger partial charge is 0.335 e. The molecule has 0 radical (unpaired) electrons. The van der Waals surface area contributed by atoms with Gasteiger partial charge in [-0.2, -0.15) is 0 Å². The lowest BCUT2D eigenvalue weighted by Crippen LogP contribution is -1.95. The van der Waals surface area contributed by atoms with E-state index in [9.17, 15) is 4.79 Å². The standard InChI is InChI=1S/C10H12O3S/c1-2-13-7-14-9-5-3-8(4-6-9)10(11)12/h3-6H,2,7H2,1H3,(H,11,12). The summed E-state index contributed by atoms with van der Waals surface area (Å²) >= 11 is 1.55. The molecule has 1 N–H and O–H groups in total. The molecule has 0 aliphatic rings. The molecule has 1 aromatic rings. The lowest BCUT2D eigenvalue weighted by atomic mass is 10.2. The SMILES string of the molecule is CCOCSc1ccc(C(=O)O)cc1. The zero-order valence-electron chi connectivity index (χ0n) is 7.90. The van der Waals surface area contributed by atoms with Gasteiger partial charge in [-0.25, -0.2) is 4.79 Å². The Bertz CT molecular complexity index is 295. The highest BCUT2D eigenvalue weighted by molar-refractivity contribution is 7.99. The maximum absolute atomic E-state index is 10.5. The molecule has 76 valence electrons. The minimum Gasteiger partial charge on any atom is -0.478 e. The molecule has 1 aromatic carbocycles. The van der Waals surface area contributed by atoms with Gasteiger partial charge in [0.1, 0.15) is 0 Å². The number of aromatic carboxylic acids is 1. The van der Waals surface area contributed by atoms with Crippen molar-refractivity contribution in [1.29, 1.82) is 0 Å². The number of carboxylic acid groups (broad SMARTS) is 1. The van der Waals surface area contributed by atoms with Crippen LogP contribution in [0.3, 0.4) is 0 Å². The van der Waals surface area contributed by atoms with E-state index in [0.29, 0.717) is 18.1 Å². The third-order valence-electron chi connectivity index (χ3n) is 1.61. The minimum absolute atomic E-state index is 0.311. The van der Waals surface area contributed by atoms with Gasteiger partial charge >= 0.3 is 5.97 Å². The highest BCUT2D eigenvalue weighted by Crippen LogP contribution is 2.18. The molecule has 0 saturated heterocycles. The predicted octanol–water partition coefficient (Wildman–Crippen LogP) is 2.47. The zero-order valence-corrected chi connectivity index (χ0v) is 8.71. The Morgan fingerprint density at radius 3 is 2.57 bits per heavy atom. The number of rotatable bonds is 5. The molecular weight excluding hydrogens is 200 g/mol. The molecule has 1 rings (SSSR count). The van der Waals surface area contributed by atoms with E-state index in [4.69, 9.17) is 9.84 Å². The summed E-state index contributed by atoms with van der Waals surface area (Å²) in [7, 11) is 0. The summed E-state index contributed by atoms with van der Waals surface area (Å²) in [5.74, 6) is -0.297. The Balaban J connectivity index is 2.51. The van der Waals surface area contributed by atoms with Gasteiger partial charge in [0.15, 0.2) is 0 Å². The van der Waals surface area contributed by atoms with Gasteiger partial charge in [-0.05, 0) is 31.2 Å². The van der Waals surface area contributed by atoms with Crippen molar-refractivity contribution in [2.24, 2.45) is 0 Å². The van der Waals surface area contributed by atoms with Gasteiger partial charge in [0, 0.05) is 11.5 Å². The number of carboxylic acids is 1. The number of ether oxygens (including phenoxy) is 1. The van der Waals surface area contributed by atoms with Crippen LogP contribution < -0.4 is 0 Å². The lowest BCUT2D eigenvalue weighted by Gasteiger charge is -2.01. The lowest BCUT2D eigenvalue weighted by molar-refractivity contribution is 0.0697.